The Hall–Kier alpha value is -1.76. The second kappa shape index (κ2) is 7.87. The monoisotopic (exact) mass is 313 g/mol. The first-order valence-corrected chi connectivity index (χ1v) is 7.83. The minimum Gasteiger partial charge on any atom is -0.462 e. The standard InChI is InChI=1S/C14H23N3O3S/c1-4-20-14(19)11-10(15)9(12(16)18)13(21-11)17-7-5-6-8(2)3/h8,17H,4-7,15H2,1-3H3,(H2,16,18). The number of rotatable bonds is 8. The summed E-state index contributed by atoms with van der Waals surface area (Å²) in [5, 5.41) is 3.67. The number of esters is 1. The number of nitrogen functional groups attached to an aromatic ring is 1. The van der Waals surface area contributed by atoms with Gasteiger partial charge in [-0.3, -0.25) is 4.79 Å². The summed E-state index contributed by atoms with van der Waals surface area (Å²) in [7, 11) is 0. The summed E-state index contributed by atoms with van der Waals surface area (Å²) < 4.78 is 4.93. The van der Waals surface area contributed by atoms with E-state index in [1.54, 1.807) is 6.92 Å². The number of nitrogens with two attached hydrogens (primary N) is 2. The summed E-state index contributed by atoms with van der Waals surface area (Å²) >= 11 is 1.11. The third-order valence-electron chi connectivity index (χ3n) is 2.90. The topological polar surface area (TPSA) is 107 Å². The van der Waals surface area contributed by atoms with E-state index in [2.05, 4.69) is 19.2 Å². The van der Waals surface area contributed by atoms with Crippen LogP contribution in [-0.2, 0) is 4.74 Å². The highest BCUT2D eigenvalue weighted by Crippen LogP contribution is 2.36. The first-order valence-electron chi connectivity index (χ1n) is 7.01. The van der Waals surface area contributed by atoms with Crippen molar-refractivity contribution in [1.82, 2.24) is 0 Å². The van der Waals surface area contributed by atoms with Crippen LogP contribution in [0.15, 0.2) is 0 Å². The SMILES string of the molecule is CCOC(=O)c1sc(NCCCC(C)C)c(C(N)=O)c1N. The number of carbonyl (C=O) groups is 2. The third-order valence-corrected chi connectivity index (χ3v) is 4.04. The largest absolute Gasteiger partial charge is 0.462 e. The van der Waals surface area contributed by atoms with Crippen LogP contribution in [0.1, 0.15) is 53.6 Å². The van der Waals surface area contributed by atoms with E-state index >= 15 is 0 Å². The smallest absolute Gasteiger partial charge is 0.350 e. The molecule has 0 unspecified atom stereocenters. The van der Waals surface area contributed by atoms with Crippen molar-refractivity contribution in [3.63, 3.8) is 0 Å². The summed E-state index contributed by atoms with van der Waals surface area (Å²) in [5.41, 5.74) is 11.5. The van der Waals surface area contributed by atoms with Gasteiger partial charge in [-0.05, 0) is 25.7 Å². The maximum atomic E-state index is 11.8. The molecule has 1 aromatic heterocycles. The van der Waals surface area contributed by atoms with E-state index in [-0.39, 0.29) is 22.7 Å². The molecule has 0 saturated carbocycles. The van der Waals surface area contributed by atoms with E-state index in [9.17, 15) is 9.59 Å². The molecule has 1 heterocycles. The van der Waals surface area contributed by atoms with Gasteiger partial charge in [-0.15, -0.1) is 11.3 Å². The predicted octanol–water partition coefficient (Wildman–Crippen LogP) is 2.45. The van der Waals surface area contributed by atoms with Crippen molar-refractivity contribution in [2.45, 2.75) is 33.6 Å². The van der Waals surface area contributed by atoms with E-state index in [4.69, 9.17) is 16.2 Å². The average molecular weight is 313 g/mol. The van der Waals surface area contributed by atoms with E-state index < -0.39 is 11.9 Å². The van der Waals surface area contributed by atoms with Crippen LogP contribution in [0.2, 0.25) is 0 Å². The van der Waals surface area contributed by atoms with Crippen LogP contribution in [-0.4, -0.2) is 25.0 Å². The van der Waals surface area contributed by atoms with Gasteiger partial charge in [-0.25, -0.2) is 4.79 Å². The number of carbonyl (C=O) groups excluding carboxylic acids is 2. The van der Waals surface area contributed by atoms with Gasteiger partial charge in [0, 0.05) is 6.54 Å². The molecule has 0 aliphatic heterocycles. The van der Waals surface area contributed by atoms with Gasteiger partial charge in [0.25, 0.3) is 5.91 Å². The van der Waals surface area contributed by atoms with Crippen LogP contribution in [0.4, 0.5) is 10.7 Å². The van der Waals surface area contributed by atoms with Gasteiger partial charge in [0.2, 0.25) is 0 Å². The number of ether oxygens (including phenoxy) is 1. The van der Waals surface area contributed by atoms with Crippen molar-refractivity contribution in [2.24, 2.45) is 11.7 Å². The number of nitrogens with one attached hydrogen (secondary N) is 1. The third kappa shape index (κ3) is 4.63. The Morgan fingerprint density at radius 3 is 2.57 bits per heavy atom. The Bertz CT molecular complexity index is 512. The Balaban J connectivity index is 2.89. The molecule has 1 aromatic rings. The van der Waals surface area contributed by atoms with Gasteiger partial charge in [-0.2, -0.15) is 0 Å². The number of hydrogen-bond donors (Lipinski definition) is 3. The summed E-state index contributed by atoms with van der Waals surface area (Å²) in [4.78, 5) is 23.6. The lowest BCUT2D eigenvalue weighted by atomic mass is 10.1. The number of amides is 1. The molecule has 5 N–H and O–H groups in total. The van der Waals surface area contributed by atoms with Crippen LogP contribution in [0.3, 0.4) is 0 Å². The Morgan fingerprint density at radius 1 is 1.38 bits per heavy atom. The van der Waals surface area contributed by atoms with Crippen LogP contribution in [0.25, 0.3) is 0 Å². The summed E-state index contributed by atoms with van der Waals surface area (Å²) in [5.74, 6) is -0.561. The van der Waals surface area contributed by atoms with Crippen molar-refractivity contribution >= 4 is 33.9 Å². The Kier molecular flexibility index (Phi) is 6.48. The van der Waals surface area contributed by atoms with Crippen LogP contribution >= 0.6 is 11.3 Å². The molecule has 0 spiro atoms. The minimum atomic E-state index is -0.648. The van der Waals surface area contributed by atoms with E-state index in [1.165, 1.54) is 0 Å². The molecule has 0 saturated heterocycles. The summed E-state index contributed by atoms with van der Waals surface area (Å²) in [6.07, 6.45) is 2.03. The molecule has 0 bridgehead atoms. The highest BCUT2D eigenvalue weighted by molar-refractivity contribution is 7.19. The quantitative estimate of drug-likeness (QED) is 0.505. The molecule has 0 aromatic carbocycles. The molecule has 0 atom stereocenters. The van der Waals surface area contributed by atoms with Gasteiger partial charge in [0.1, 0.15) is 9.88 Å². The lowest BCUT2D eigenvalue weighted by Gasteiger charge is -2.07. The molecule has 0 aliphatic carbocycles. The fourth-order valence-corrected chi connectivity index (χ4v) is 2.92. The normalized spacial score (nSPS) is 10.7. The molecule has 1 amide bonds. The first-order chi connectivity index (χ1) is 9.88. The Labute approximate surface area is 128 Å². The van der Waals surface area contributed by atoms with E-state index in [0.29, 0.717) is 17.5 Å². The van der Waals surface area contributed by atoms with Gasteiger partial charge in [0.05, 0.1) is 17.9 Å². The fraction of sp³-hybridized carbons (Fsp3) is 0.571. The molecule has 7 heteroatoms. The average Bonchev–Trinajstić information content (AvgIpc) is 2.72. The highest BCUT2D eigenvalue weighted by Gasteiger charge is 2.24. The van der Waals surface area contributed by atoms with Crippen molar-refractivity contribution in [3.8, 4) is 0 Å². The second-order valence-electron chi connectivity index (χ2n) is 5.10. The summed E-state index contributed by atoms with van der Waals surface area (Å²) in [6, 6.07) is 0. The van der Waals surface area contributed by atoms with Gasteiger partial charge in [-0.1, -0.05) is 13.8 Å². The van der Waals surface area contributed by atoms with Gasteiger partial charge < -0.3 is 21.5 Å². The number of thiophene rings is 1. The maximum Gasteiger partial charge on any atom is 0.350 e. The molecular formula is C14H23N3O3S. The molecule has 0 fully saturated rings. The van der Waals surface area contributed by atoms with Crippen molar-refractivity contribution in [1.29, 1.82) is 0 Å². The summed E-state index contributed by atoms with van der Waals surface area (Å²) in [6.45, 7) is 6.95. The zero-order chi connectivity index (χ0) is 16.0. The molecule has 6 nitrogen and oxygen atoms in total. The number of anilines is 2. The van der Waals surface area contributed by atoms with Gasteiger partial charge in [0.15, 0.2) is 0 Å². The molecule has 118 valence electrons. The van der Waals surface area contributed by atoms with Crippen molar-refractivity contribution in [2.75, 3.05) is 24.2 Å². The molecule has 0 radical (unpaired) electrons. The molecule has 1 rings (SSSR count). The van der Waals surface area contributed by atoms with Crippen LogP contribution in [0.5, 0.6) is 0 Å². The van der Waals surface area contributed by atoms with Gasteiger partial charge >= 0.3 is 5.97 Å². The fourth-order valence-electron chi connectivity index (χ4n) is 1.87. The highest BCUT2D eigenvalue weighted by atomic mass is 32.1. The maximum absolute atomic E-state index is 11.8. The van der Waals surface area contributed by atoms with Crippen LogP contribution < -0.4 is 16.8 Å². The first kappa shape index (κ1) is 17.3. The minimum absolute atomic E-state index is 0.0947. The molecule has 0 aliphatic rings. The number of hydrogen-bond acceptors (Lipinski definition) is 6. The van der Waals surface area contributed by atoms with Crippen LogP contribution in [0, 0.1) is 5.92 Å². The lowest BCUT2D eigenvalue weighted by molar-refractivity contribution is 0.0533. The zero-order valence-electron chi connectivity index (χ0n) is 12.7. The molecule has 21 heavy (non-hydrogen) atoms. The van der Waals surface area contributed by atoms with Crippen molar-refractivity contribution in [3.05, 3.63) is 10.4 Å². The van der Waals surface area contributed by atoms with E-state index in [1.807, 2.05) is 0 Å². The Morgan fingerprint density at radius 2 is 2.05 bits per heavy atom. The lowest BCUT2D eigenvalue weighted by Crippen LogP contribution is -2.15. The predicted molar refractivity (Wildman–Crippen MR) is 85.8 cm³/mol. The molecular weight excluding hydrogens is 290 g/mol. The van der Waals surface area contributed by atoms with E-state index in [0.717, 1.165) is 24.2 Å². The number of primary amides is 1. The van der Waals surface area contributed by atoms with Crippen molar-refractivity contribution < 1.29 is 14.3 Å². The zero-order valence-corrected chi connectivity index (χ0v) is 13.5. The second-order valence-corrected chi connectivity index (χ2v) is 6.12.